The topological polar surface area (TPSA) is 58.9 Å². The van der Waals surface area contributed by atoms with Crippen LogP contribution in [0, 0.1) is 17.0 Å². The molecule has 19 heavy (non-hydrogen) atoms. The summed E-state index contributed by atoms with van der Waals surface area (Å²) in [6.07, 6.45) is 0. The summed E-state index contributed by atoms with van der Waals surface area (Å²) in [6.45, 7) is 1.98. The SMILES string of the molecule is Cc1[nH]c2cc([N+](=O)[O-])ccc2c1-c1ccccc1. The van der Waals surface area contributed by atoms with Crippen LogP contribution in [0.5, 0.6) is 0 Å². The molecule has 0 atom stereocenters. The molecule has 0 radical (unpaired) electrons. The molecule has 4 heteroatoms. The first kappa shape index (κ1) is 11.5. The van der Waals surface area contributed by atoms with Crippen LogP contribution in [0.25, 0.3) is 22.0 Å². The number of nitrogens with one attached hydrogen (secondary N) is 1. The van der Waals surface area contributed by atoms with Crippen LogP contribution >= 0.6 is 0 Å². The number of nitrogens with zero attached hydrogens (tertiary/aromatic N) is 1. The van der Waals surface area contributed by atoms with Crippen molar-refractivity contribution in [2.75, 3.05) is 0 Å². The first-order valence-corrected chi connectivity index (χ1v) is 5.99. The molecule has 0 spiro atoms. The van der Waals surface area contributed by atoms with Gasteiger partial charge in [-0.1, -0.05) is 30.3 Å². The Morgan fingerprint density at radius 3 is 2.53 bits per heavy atom. The molecule has 0 unspecified atom stereocenters. The van der Waals surface area contributed by atoms with Crippen molar-refractivity contribution >= 4 is 16.6 Å². The van der Waals surface area contributed by atoms with E-state index in [1.54, 1.807) is 18.2 Å². The van der Waals surface area contributed by atoms with Gasteiger partial charge in [-0.25, -0.2) is 0 Å². The summed E-state index contributed by atoms with van der Waals surface area (Å²) in [5.41, 5.74) is 4.13. The van der Waals surface area contributed by atoms with Gasteiger partial charge in [0, 0.05) is 28.8 Å². The van der Waals surface area contributed by atoms with Crippen molar-refractivity contribution in [1.82, 2.24) is 4.98 Å². The van der Waals surface area contributed by atoms with Crippen molar-refractivity contribution in [3.63, 3.8) is 0 Å². The van der Waals surface area contributed by atoms with E-state index in [9.17, 15) is 10.1 Å². The molecular weight excluding hydrogens is 240 g/mol. The van der Waals surface area contributed by atoms with Gasteiger partial charge < -0.3 is 4.98 Å². The normalized spacial score (nSPS) is 10.8. The van der Waals surface area contributed by atoms with Crippen LogP contribution in [0.3, 0.4) is 0 Å². The molecule has 0 fully saturated rings. The van der Waals surface area contributed by atoms with Crippen molar-refractivity contribution in [1.29, 1.82) is 0 Å². The number of nitro benzene ring substituents is 1. The summed E-state index contributed by atoms with van der Waals surface area (Å²) in [5.74, 6) is 0. The molecule has 3 aromatic rings. The molecule has 1 heterocycles. The number of aromatic nitrogens is 1. The third-order valence-corrected chi connectivity index (χ3v) is 3.24. The number of aromatic amines is 1. The van der Waals surface area contributed by atoms with Crippen LogP contribution in [0.1, 0.15) is 5.69 Å². The third-order valence-electron chi connectivity index (χ3n) is 3.24. The summed E-state index contributed by atoms with van der Waals surface area (Å²) in [6, 6.07) is 14.9. The monoisotopic (exact) mass is 252 g/mol. The van der Waals surface area contributed by atoms with E-state index in [4.69, 9.17) is 0 Å². The molecule has 0 bridgehead atoms. The Hall–Kier alpha value is -2.62. The highest BCUT2D eigenvalue weighted by molar-refractivity contribution is 5.98. The maximum absolute atomic E-state index is 10.8. The Morgan fingerprint density at radius 2 is 1.84 bits per heavy atom. The molecule has 0 saturated carbocycles. The van der Waals surface area contributed by atoms with Crippen molar-refractivity contribution in [2.45, 2.75) is 6.92 Å². The summed E-state index contributed by atoms with van der Waals surface area (Å²) in [4.78, 5) is 13.6. The lowest BCUT2D eigenvalue weighted by Crippen LogP contribution is -1.86. The molecule has 2 aromatic carbocycles. The molecule has 4 nitrogen and oxygen atoms in total. The van der Waals surface area contributed by atoms with Crippen LogP contribution in [0.2, 0.25) is 0 Å². The number of hydrogen-bond donors (Lipinski definition) is 1. The van der Waals surface area contributed by atoms with E-state index in [1.807, 2.05) is 37.3 Å². The van der Waals surface area contributed by atoms with E-state index < -0.39 is 0 Å². The zero-order chi connectivity index (χ0) is 13.4. The van der Waals surface area contributed by atoms with E-state index in [0.29, 0.717) is 0 Å². The van der Waals surface area contributed by atoms with Gasteiger partial charge in [0.15, 0.2) is 0 Å². The maximum atomic E-state index is 10.8. The third kappa shape index (κ3) is 1.87. The van der Waals surface area contributed by atoms with Gasteiger partial charge in [0.2, 0.25) is 0 Å². The highest BCUT2D eigenvalue weighted by Crippen LogP contribution is 2.33. The number of nitro groups is 1. The lowest BCUT2D eigenvalue weighted by Gasteiger charge is -2.01. The van der Waals surface area contributed by atoms with Crippen molar-refractivity contribution in [3.8, 4) is 11.1 Å². The molecule has 0 saturated heterocycles. The molecule has 0 aliphatic carbocycles. The Bertz CT molecular complexity index is 760. The molecule has 1 aromatic heterocycles. The number of hydrogen-bond acceptors (Lipinski definition) is 2. The van der Waals surface area contributed by atoms with Gasteiger partial charge in [-0.3, -0.25) is 10.1 Å². The minimum atomic E-state index is -0.377. The fourth-order valence-electron chi connectivity index (χ4n) is 2.41. The van der Waals surface area contributed by atoms with Gasteiger partial charge in [-0.05, 0) is 18.6 Å². The van der Waals surface area contributed by atoms with Gasteiger partial charge in [0.1, 0.15) is 0 Å². The van der Waals surface area contributed by atoms with E-state index in [-0.39, 0.29) is 10.6 Å². The second-order valence-electron chi connectivity index (χ2n) is 4.48. The Kier molecular flexibility index (Phi) is 2.56. The van der Waals surface area contributed by atoms with Gasteiger partial charge in [0.25, 0.3) is 5.69 Å². The summed E-state index contributed by atoms with van der Waals surface area (Å²) < 4.78 is 0. The van der Waals surface area contributed by atoms with Crippen LogP contribution in [0.4, 0.5) is 5.69 Å². The van der Waals surface area contributed by atoms with Crippen LogP contribution in [0.15, 0.2) is 48.5 Å². The first-order valence-electron chi connectivity index (χ1n) is 5.99. The van der Waals surface area contributed by atoms with Crippen LogP contribution < -0.4 is 0 Å². The van der Waals surface area contributed by atoms with Gasteiger partial charge in [0.05, 0.1) is 10.4 Å². The second kappa shape index (κ2) is 4.24. The smallest absolute Gasteiger partial charge is 0.271 e. The largest absolute Gasteiger partial charge is 0.358 e. The second-order valence-corrected chi connectivity index (χ2v) is 4.48. The number of aryl methyl sites for hydroxylation is 1. The maximum Gasteiger partial charge on any atom is 0.271 e. The molecule has 1 N–H and O–H groups in total. The van der Waals surface area contributed by atoms with E-state index in [1.165, 1.54) is 0 Å². The predicted octanol–water partition coefficient (Wildman–Crippen LogP) is 4.05. The minimum Gasteiger partial charge on any atom is -0.358 e. The van der Waals surface area contributed by atoms with E-state index in [2.05, 4.69) is 4.98 Å². The van der Waals surface area contributed by atoms with Crippen LogP contribution in [-0.2, 0) is 0 Å². The number of H-pyrrole nitrogens is 1. The highest BCUT2D eigenvalue weighted by atomic mass is 16.6. The molecule has 3 rings (SSSR count). The molecule has 94 valence electrons. The minimum absolute atomic E-state index is 0.105. The Labute approximate surface area is 109 Å². The fourth-order valence-corrected chi connectivity index (χ4v) is 2.41. The summed E-state index contributed by atoms with van der Waals surface area (Å²) in [5, 5.41) is 11.8. The number of rotatable bonds is 2. The average molecular weight is 252 g/mol. The standard InChI is InChI=1S/C15H12N2O2/c1-10-15(11-5-3-2-4-6-11)13-8-7-12(17(18)19)9-14(13)16-10/h2-9,16H,1H3. The molecule has 0 aliphatic heterocycles. The van der Waals surface area contributed by atoms with Crippen molar-refractivity contribution < 1.29 is 4.92 Å². The number of non-ortho nitro benzene ring substituents is 1. The zero-order valence-electron chi connectivity index (χ0n) is 10.4. The lowest BCUT2D eigenvalue weighted by molar-refractivity contribution is -0.384. The van der Waals surface area contributed by atoms with E-state index >= 15 is 0 Å². The highest BCUT2D eigenvalue weighted by Gasteiger charge is 2.13. The molecule has 0 aliphatic rings. The zero-order valence-corrected chi connectivity index (χ0v) is 10.4. The first-order chi connectivity index (χ1) is 9.16. The summed E-state index contributed by atoms with van der Waals surface area (Å²) >= 11 is 0. The molecular formula is C15H12N2O2. The Morgan fingerprint density at radius 1 is 1.11 bits per heavy atom. The number of benzene rings is 2. The lowest BCUT2D eigenvalue weighted by atomic mass is 10.0. The Balaban J connectivity index is 2.27. The molecule has 0 amide bonds. The van der Waals surface area contributed by atoms with Crippen LogP contribution in [-0.4, -0.2) is 9.91 Å². The average Bonchev–Trinajstić information content (AvgIpc) is 2.74. The van der Waals surface area contributed by atoms with Gasteiger partial charge >= 0.3 is 0 Å². The predicted molar refractivity (Wildman–Crippen MR) is 75.1 cm³/mol. The summed E-state index contributed by atoms with van der Waals surface area (Å²) in [7, 11) is 0. The quantitative estimate of drug-likeness (QED) is 0.552. The fraction of sp³-hybridized carbons (Fsp3) is 0.0667. The number of fused-ring (bicyclic) bond motifs is 1. The van der Waals surface area contributed by atoms with Gasteiger partial charge in [-0.15, -0.1) is 0 Å². The van der Waals surface area contributed by atoms with Crippen molar-refractivity contribution in [2.24, 2.45) is 0 Å². The van der Waals surface area contributed by atoms with Gasteiger partial charge in [-0.2, -0.15) is 0 Å². The van der Waals surface area contributed by atoms with Crippen molar-refractivity contribution in [3.05, 3.63) is 64.3 Å². The van der Waals surface area contributed by atoms with E-state index in [0.717, 1.165) is 27.7 Å².